The van der Waals surface area contributed by atoms with Crippen molar-refractivity contribution < 1.29 is 9.53 Å². The summed E-state index contributed by atoms with van der Waals surface area (Å²) in [7, 11) is 1.79. The van der Waals surface area contributed by atoms with Gasteiger partial charge in [0, 0.05) is 26.7 Å². The second-order valence-corrected chi connectivity index (χ2v) is 6.25. The number of rotatable bonds is 5. The number of guanidine groups is 1. The Morgan fingerprint density at radius 3 is 2.72 bits per heavy atom. The highest BCUT2D eigenvalue weighted by molar-refractivity contribution is 14.0. The van der Waals surface area contributed by atoms with Crippen LogP contribution in [0.2, 0.25) is 0 Å². The second-order valence-electron chi connectivity index (χ2n) is 6.25. The molecule has 1 atom stereocenters. The number of aryl methyl sites for hydroxylation is 1. The molecular weight excluding hydrogens is 429 g/mol. The molecule has 1 aliphatic rings. The van der Waals surface area contributed by atoms with Crippen LogP contribution in [0.4, 0.5) is 0 Å². The molecule has 1 N–H and O–H groups in total. The minimum Gasteiger partial charge on any atom is -0.466 e. The number of carbonyl (C=O) groups excluding carboxylic acids is 1. The van der Waals surface area contributed by atoms with Gasteiger partial charge in [-0.3, -0.25) is 9.79 Å². The Bertz CT molecular complexity index is 560. The highest BCUT2D eigenvalue weighted by Gasteiger charge is 2.28. The van der Waals surface area contributed by atoms with Gasteiger partial charge < -0.3 is 15.0 Å². The fraction of sp³-hybridized carbons (Fsp3) is 0.579. The summed E-state index contributed by atoms with van der Waals surface area (Å²) in [5, 5.41) is 3.42. The van der Waals surface area contributed by atoms with Gasteiger partial charge in [-0.15, -0.1) is 24.0 Å². The predicted octanol–water partition coefficient (Wildman–Crippen LogP) is 3.01. The number of nitrogens with zero attached hydrogens (tertiary/aromatic N) is 2. The maximum atomic E-state index is 12.0. The van der Waals surface area contributed by atoms with Crippen molar-refractivity contribution in [3.8, 4) is 0 Å². The molecule has 0 aliphatic carbocycles. The van der Waals surface area contributed by atoms with Gasteiger partial charge in [-0.1, -0.05) is 29.8 Å². The number of hydrogen-bond donors (Lipinski definition) is 1. The Morgan fingerprint density at radius 1 is 1.36 bits per heavy atom. The first-order chi connectivity index (χ1) is 11.6. The molecule has 25 heavy (non-hydrogen) atoms. The van der Waals surface area contributed by atoms with Crippen LogP contribution >= 0.6 is 24.0 Å². The van der Waals surface area contributed by atoms with Crippen LogP contribution in [-0.4, -0.2) is 50.1 Å². The minimum atomic E-state index is -0.0858. The first-order valence-electron chi connectivity index (χ1n) is 8.81. The maximum Gasteiger partial charge on any atom is 0.310 e. The average Bonchev–Trinajstić information content (AvgIpc) is 2.60. The molecule has 1 fully saturated rings. The van der Waals surface area contributed by atoms with Crippen molar-refractivity contribution in [3.05, 3.63) is 35.4 Å². The number of esters is 1. The molecule has 2 rings (SSSR count). The number of nitrogens with one attached hydrogen (secondary N) is 1. The van der Waals surface area contributed by atoms with Crippen molar-refractivity contribution in [2.45, 2.75) is 33.1 Å². The van der Waals surface area contributed by atoms with E-state index >= 15 is 0 Å². The van der Waals surface area contributed by atoms with Crippen molar-refractivity contribution in [2.75, 3.05) is 33.3 Å². The van der Waals surface area contributed by atoms with Gasteiger partial charge in [0.15, 0.2) is 5.96 Å². The summed E-state index contributed by atoms with van der Waals surface area (Å²) in [6, 6.07) is 8.60. The predicted molar refractivity (Wildman–Crippen MR) is 113 cm³/mol. The number of hydrogen-bond acceptors (Lipinski definition) is 3. The summed E-state index contributed by atoms with van der Waals surface area (Å²) < 4.78 is 5.17. The van der Waals surface area contributed by atoms with Crippen molar-refractivity contribution in [2.24, 2.45) is 10.9 Å². The van der Waals surface area contributed by atoms with Crippen molar-refractivity contribution in [1.82, 2.24) is 10.2 Å². The monoisotopic (exact) mass is 459 g/mol. The number of piperidine rings is 1. The molecule has 1 unspecified atom stereocenters. The van der Waals surface area contributed by atoms with Crippen LogP contribution in [0, 0.1) is 12.8 Å². The SMILES string of the molecule is CCOC(=O)C1CCCN(C(=NC)NCCc2ccc(C)cc2)C1.I. The van der Waals surface area contributed by atoms with Crippen LogP contribution in [-0.2, 0) is 16.0 Å². The third-order valence-corrected chi connectivity index (χ3v) is 4.37. The molecule has 1 saturated heterocycles. The first kappa shape index (κ1) is 21.7. The van der Waals surface area contributed by atoms with E-state index in [9.17, 15) is 4.79 Å². The third kappa shape index (κ3) is 6.84. The van der Waals surface area contributed by atoms with Gasteiger partial charge in [-0.05, 0) is 38.7 Å². The van der Waals surface area contributed by atoms with Gasteiger partial charge in [-0.2, -0.15) is 0 Å². The molecule has 0 radical (unpaired) electrons. The van der Waals surface area contributed by atoms with Gasteiger partial charge in [0.25, 0.3) is 0 Å². The topological polar surface area (TPSA) is 53.9 Å². The number of carbonyl (C=O) groups is 1. The molecule has 1 heterocycles. The van der Waals surface area contributed by atoms with Crippen molar-refractivity contribution >= 4 is 35.9 Å². The molecule has 0 saturated carbocycles. The molecule has 1 aromatic rings. The molecule has 6 heteroatoms. The summed E-state index contributed by atoms with van der Waals surface area (Å²) in [5.41, 5.74) is 2.59. The largest absolute Gasteiger partial charge is 0.466 e. The Hall–Kier alpha value is -1.31. The van der Waals surface area contributed by atoms with E-state index in [2.05, 4.69) is 46.4 Å². The number of likely N-dealkylation sites (tertiary alicyclic amines) is 1. The molecule has 0 spiro atoms. The average molecular weight is 459 g/mol. The van der Waals surface area contributed by atoms with Crippen LogP contribution in [0.15, 0.2) is 29.3 Å². The number of aliphatic imine (C=N–C) groups is 1. The molecule has 1 aliphatic heterocycles. The Labute approximate surface area is 168 Å². The number of halogens is 1. The smallest absolute Gasteiger partial charge is 0.310 e. The summed E-state index contributed by atoms with van der Waals surface area (Å²) in [6.45, 7) is 6.84. The van der Waals surface area contributed by atoms with E-state index in [4.69, 9.17) is 4.74 Å². The zero-order valence-electron chi connectivity index (χ0n) is 15.5. The van der Waals surface area contributed by atoms with Crippen LogP contribution in [0.1, 0.15) is 30.9 Å². The Kier molecular flexibility index (Phi) is 9.85. The second kappa shape index (κ2) is 11.3. The molecule has 0 amide bonds. The summed E-state index contributed by atoms with van der Waals surface area (Å²) >= 11 is 0. The maximum absolute atomic E-state index is 12.0. The van der Waals surface area contributed by atoms with E-state index in [0.717, 1.165) is 38.3 Å². The zero-order valence-corrected chi connectivity index (χ0v) is 17.8. The van der Waals surface area contributed by atoms with Crippen LogP contribution < -0.4 is 5.32 Å². The Morgan fingerprint density at radius 2 is 2.08 bits per heavy atom. The van der Waals surface area contributed by atoms with Crippen LogP contribution in [0.5, 0.6) is 0 Å². The van der Waals surface area contributed by atoms with E-state index in [1.54, 1.807) is 7.05 Å². The van der Waals surface area contributed by atoms with E-state index in [1.807, 2.05) is 6.92 Å². The lowest BCUT2D eigenvalue weighted by Crippen LogP contribution is -2.48. The third-order valence-electron chi connectivity index (χ3n) is 4.37. The van der Waals surface area contributed by atoms with E-state index < -0.39 is 0 Å². The van der Waals surface area contributed by atoms with Crippen LogP contribution in [0.3, 0.4) is 0 Å². The standard InChI is InChI=1S/C19H29N3O2.HI/c1-4-24-18(23)17-6-5-13-22(14-17)19(20-3)21-12-11-16-9-7-15(2)8-10-16;/h7-10,17H,4-6,11-14H2,1-3H3,(H,20,21);1H. The lowest BCUT2D eigenvalue weighted by atomic mass is 9.98. The normalized spacial score (nSPS) is 17.6. The summed E-state index contributed by atoms with van der Waals surface area (Å²) in [6.07, 6.45) is 2.84. The lowest BCUT2D eigenvalue weighted by Gasteiger charge is -2.34. The van der Waals surface area contributed by atoms with Crippen molar-refractivity contribution in [3.63, 3.8) is 0 Å². The van der Waals surface area contributed by atoms with Gasteiger partial charge >= 0.3 is 5.97 Å². The zero-order chi connectivity index (χ0) is 17.4. The molecular formula is C19H30IN3O2. The summed E-state index contributed by atoms with van der Waals surface area (Å²) in [5.74, 6) is 0.739. The highest BCUT2D eigenvalue weighted by Crippen LogP contribution is 2.18. The van der Waals surface area contributed by atoms with Gasteiger partial charge in [-0.25, -0.2) is 0 Å². The minimum absolute atomic E-state index is 0. The number of benzene rings is 1. The van der Waals surface area contributed by atoms with Gasteiger partial charge in [0.2, 0.25) is 0 Å². The fourth-order valence-corrected chi connectivity index (χ4v) is 3.03. The van der Waals surface area contributed by atoms with Crippen molar-refractivity contribution in [1.29, 1.82) is 0 Å². The first-order valence-corrected chi connectivity index (χ1v) is 8.81. The summed E-state index contributed by atoms with van der Waals surface area (Å²) in [4.78, 5) is 18.5. The Balaban J connectivity index is 0.00000312. The molecule has 5 nitrogen and oxygen atoms in total. The molecule has 1 aromatic carbocycles. The molecule has 0 aromatic heterocycles. The van der Waals surface area contributed by atoms with Crippen LogP contribution in [0.25, 0.3) is 0 Å². The van der Waals surface area contributed by atoms with Gasteiger partial charge in [0.05, 0.1) is 12.5 Å². The number of ether oxygens (including phenoxy) is 1. The van der Waals surface area contributed by atoms with E-state index in [0.29, 0.717) is 13.2 Å². The quantitative estimate of drug-likeness (QED) is 0.319. The fourth-order valence-electron chi connectivity index (χ4n) is 3.03. The van der Waals surface area contributed by atoms with E-state index in [-0.39, 0.29) is 35.9 Å². The highest BCUT2D eigenvalue weighted by atomic mass is 127. The van der Waals surface area contributed by atoms with E-state index in [1.165, 1.54) is 11.1 Å². The molecule has 140 valence electrons. The molecule has 0 bridgehead atoms. The lowest BCUT2D eigenvalue weighted by molar-refractivity contribution is -0.149. The van der Waals surface area contributed by atoms with Gasteiger partial charge in [0.1, 0.15) is 0 Å².